The molecule has 0 saturated carbocycles. The number of thiazole rings is 1. The minimum Gasteiger partial charge on any atom is -0.311 e. The van der Waals surface area contributed by atoms with E-state index in [1.807, 2.05) is 7.05 Å². The van der Waals surface area contributed by atoms with Crippen LogP contribution in [0.15, 0.2) is 5.38 Å². The largest absolute Gasteiger partial charge is 0.311 e. The van der Waals surface area contributed by atoms with E-state index in [4.69, 9.17) is 0 Å². The monoisotopic (exact) mass is 228 g/mol. The lowest BCUT2D eigenvalue weighted by Gasteiger charge is -2.19. The van der Waals surface area contributed by atoms with E-state index in [0.717, 1.165) is 11.6 Å². The summed E-state index contributed by atoms with van der Waals surface area (Å²) in [5.74, 6) is 3.37. The predicted molar refractivity (Wildman–Crippen MR) is 64.1 cm³/mol. The Hall–Kier alpha value is -0.0600. The second kappa shape index (κ2) is 4.64. The smallest absolute Gasteiger partial charge is 0.110 e. The van der Waals surface area contributed by atoms with Crippen molar-refractivity contribution in [1.29, 1.82) is 0 Å². The van der Waals surface area contributed by atoms with Gasteiger partial charge >= 0.3 is 0 Å². The molecule has 0 aromatic carbocycles. The van der Waals surface area contributed by atoms with Crippen LogP contribution >= 0.6 is 23.1 Å². The molecule has 1 aromatic heterocycles. The Morgan fingerprint density at radius 2 is 2.50 bits per heavy atom. The maximum absolute atomic E-state index is 4.57. The number of hydrogen-bond acceptors (Lipinski definition) is 4. The van der Waals surface area contributed by atoms with Gasteiger partial charge in [0.25, 0.3) is 0 Å². The zero-order valence-corrected chi connectivity index (χ0v) is 10.3. The van der Waals surface area contributed by atoms with Crippen molar-refractivity contribution in [3.63, 3.8) is 0 Å². The average molecular weight is 228 g/mol. The summed E-state index contributed by atoms with van der Waals surface area (Å²) >= 11 is 3.85. The molecular weight excluding hydrogens is 212 g/mol. The lowest BCUT2D eigenvalue weighted by molar-refractivity contribution is 0.418. The molecule has 2 rings (SSSR count). The summed E-state index contributed by atoms with van der Waals surface area (Å²) in [6.07, 6.45) is 1.33. The van der Waals surface area contributed by atoms with E-state index >= 15 is 0 Å². The molecule has 1 aliphatic heterocycles. The van der Waals surface area contributed by atoms with Gasteiger partial charge in [0.2, 0.25) is 0 Å². The van der Waals surface area contributed by atoms with Crippen LogP contribution in [0.2, 0.25) is 0 Å². The van der Waals surface area contributed by atoms with Crippen molar-refractivity contribution in [1.82, 2.24) is 10.3 Å². The standard InChI is InChI=1S/C10H16N2S2/c1-7-5-14-10(12-7)9(11-2)8-3-4-13-6-8/h5,8-9,11H,3-4,6H2,1-2H3. The van der Waals surface area contributed by atoms with E-state index in [0.29, 0.717) is 6.04 Å². The first-order chi connectivity index (χ1) is 6.81. The highest BCUT2D eigenvalue weighted by Crippen LogP contribution is 2.34. The Balaban J connectivity index is 2.12. The fourth-order valence-corrected chi connectivity index (χ4v) is 4.19. The first kappa shape index (κ1) is 10.5. The summed E-state index contributed by atoms with van der Waals surface area (Å²) in [6, 6.07) is 0.476. The minimum atomic E-state index is 0.476. The van der Waals surface area contributed by atoms with E-state index in [9.17, 15) is 0 Å². The highest BCUT2D eigenvalue weighted by Gasteiger charge is 2.27. The van der Waals surface area contributed by atoms with Gasteiger partial charge in [0.1, 0.15) is 5.01 Å². The van der Waals surface area contributed by atoms with E-state index in [1.54, 1.807) is 11.3 Å². The van der Waals surface area contributed by atoms with Crippen LogP contribution in [-0.2, 0) is 0 Å². The van der Waals surface area contributed by atoms with Crippen molar-refractivity contribution in [2.24, 2.45) is 5.92 Å². The normalized spacial score (nSPS) is 24.0. The summed E-state index contributed by atoms with van der Waals surface area (Å²) in [7, 11) is 2.05. The Morgan fingerprint density at radius 1 is 1.64 bits per heavy atom. The molecule has 0 amide bonds. The molecule has 1 N–H and O–H groups in total. The van der Waals surface area contributed by atoms with Gasteiger partial charge in [-0.2, -0.15) is 11.8 Å². The van der Waals surface area contributed by atoms with Crippen molar-refractivity contribution < 1.29 is 0 Å². The first-order valence-electron chi connectivity index (χ1n) is 4.98. The first-order valence-corrected chi connectivity index (χ1v) is 7.01. The van der Waals surface area contributed by atoms with Gasteiger partial charge in [-0.05, 0) is 37.8 Å². The second-order valence-corrected chi connectivity index (χ2v) is 5.76. The molecule has 0 aliphatic carbocycles. The molecule has 0 bridgehead atoms. The highest BCUT2D eigenvalue weighted by atomic mass is 32.2. The third kappa shape index (κ3) is 2.12. The summed E-state index contributed by atoms with van der Waals surface area (Å²) in [5, 5.41) is 6.81. The molecule has 4 heteroatoms. The maximum Gasteiger partial charge on any atom is 0.110 e. The van der Waals surface area contributed by atoms with Crippen molar-refractivity contribution >= 4 is 23.1 Å². The SMILES string of the molecule is CNC(c1nc(C)cs1)C1CCSC1. The van der Waals surface area contributed by atoms with Crippen LogP contribution in [0.1, 0.15) is 23.2 Å². The quantitative estimate of drug-likeness (QED) is 0.860. The van der Waals surface area contributed by atoms with E-state index in [1.165, 1.54) is 22.9 Å². The molecule has 2 heterocycles. The molecule has 2 nitrogen and oxygen atoms in total. The van der Waals surface area contributed by atoms with Crippen LogP contribution < -0.4 is 5.32 Å². The molecule has 78 valence electrons. The van der Waals surface area contributed by atoms with Gasteiger partial charge < -0.3 is 5.32 Å². The zero-order valence-electron chi connectivity index (χ0n) is 8.62. The van der Waals surface area contributed by atoms with Crippen molar-refractivity contribution in [2.45, 2.75) is 19.4 Å². The number of rotatable bonds is 3. The molecule has 2 atom stereocenters. The van der Waals surface area contributed by atoms with Gasteiger partial charge in [-0.1, -0.05) is 0 Å². The highest BCUT2D eigenvalue weighted by molar-refractivity contribution is 7.99. The third-order valence-corrected chi connectivity index (χ3v) is 4.88. The molecule has 1 aliphatic rings. The molecule has 1 aromatic rings. The van der Waals surface area contributed by atoms with Gasteiger partial charge in [0.05, 0.1) is 6.04 Å². The molecular formula is C10H16N2S2. The number of aryl methyl sites for hydroxylation is 1. The van der Waals surface area contributed by atoms with Gasteiger partial charge in [-0.25, -0.2) is 4.98 Å². The topological polar surface area (TPSA) is 24.9 Å². The fourth-order valence-electron chi connectivity index (χ4n) is 1.89. The minimum absolute atomic E-state index is 0.476. The maximum atomic E-state index is 4.57. The summed E-state index contributed by atoms with van der Waals surface area (Å²) in [6.45, 7) is 2.07. The van der Waals surface area contributed by atoms with E-state index < -0.39 is 0 Å². The Bertz CT molecular complexity index is 292. The molecule has 2 unspecified atom stereocenters. The average Bonchev–Trinajstić information content (AvgIpc) is 2.79. The van der Waals surface area contributed by atoms with E-state index in [2.05, 4.69) is 34.4 Å². The van der Waals surface area contributed by atoms with Crippen molar-refractivity contribution in [2.75, 3.05) is 18.6 Å². The van der Waals surface area contributed by atoms with Crippen LogP contribution in [0, 0.1) is 12.8 Å². The molecule has 14 heavy (non-hydrogen) atoms. The van der Waals surface area contributed by atoms with Crippen molar-refractivity contribution in [3.8, 4) is 0 Å². The molecule has 1 saturated heterocycles. The molecule has 0 radical (unpaired) electrons. The molecule has 0 spiro atoms. The summed E-state index contributed by atoms with van der Waals surface area (Å²) < 4.78 is 0. The van der Waals surface area contributed by atoms with Crippen LogP contribution in [0.4, 0.5) is 0 Å². The number of thioether (sulfide) groups is 1. The number of aromatic nitrogens is 1. The van der Waals surface area contributed by atoms with Gasteiger partial charge in [-0.3, -0.25) is 0 Å². The number of nitrogens with one attached hydrogen (secondary N) is 1. The van der Waals surface area contributed by atoms with Crippen LogP contribution in [-0.4, -0.2) is 23.5 Å². The van der Waals surface area contributed by atoms with Gasteiger partial charge in [-0.15, -0.1) is 11.3 Å². The predicted octanol–water partition coefficient (Wildman–Crippen LogP) is 2.47. The van der Waals surface area contributed by atoms with Crippen LogP contribution in [0.25, 0.3) is 0 Å². The van der Waals surface area contributed by atoms with Crippen LogP contribution in [0.5, 0.6) is 0 Å². The lowest BCUT2D eigenvalue weighted by atomic mass is 10.00. The Labute approximate surface area is 93.5 Å². The van der Waals surface area contributed by atoms with Crippen LogP contribution in [0.3, 0.4) is 0 Å². The van der Waals surface area contributed by atoms with Gasteiger partial charge in [0, 0.05) is 11.1 Å². The van der Waals surface area contributed by atoms with E-state index in [-0.39, 0.29) is 0 Å². The van der Waals surface area contributed by atoms with Gasteiger partial charge in [0.15, 0.2) is 0 Å². The fraction of sp³-hybridized carbons (Fsp3) is 0.700. The third-order valence-electron chi connectivity index (χ3n) is 2.65. The number of nitrogens with zero attached hydrogens (tertiary/aromatic N) is 1. The molecule has 1 fully saturated rings. The zero-order chi connectivity index (χ0) is 9.97. The summed E-state index contributed by atoms with van der Waals surface area (Å²) in [5.41, 5.74) is 1.15. The number of hydrogen-bond donors (Lipinski definition) is 1. The Morgan fingerprint density at radius 3 is 3.00 bits per heavy atom. The lowest BCUT2D eigenvalue weighted by Crippen LogP contribution is -2.25. The second-order valence-electron chi connectivity index (χ2n) is 3.72. The van der Waals surface area contributed by atoms with Crippen molar-refractivity contribution in [3.05, 3.63) is 16.1 Å². The Kier molecular flexibility index (Phi) is 3.47. The summed E-state index contributed by atoms with van der Waals surface area (Å²) in [4.78, 5) is 4.57.